The molecule has 1 aliphatic rings. The Labute approximate surface area is 192 Å². The molecule has 1 N–H and O–H groups in total. The van der Waals surface area contributed by atoms with Gasteiger partial charge in [0.1, 0.15) is 5.58 Å². The van der Waals surface area contributed by atoms with Crippen LogP contribution in [0.2, 0.25) is 0 Å². The minimum absolute atomic E-state index is 0.0410. The number of benzene rings is 2. The number of rotatable bonds is 7. The van der Waals surface area contributed by atoms with Gasteiger partial charge in [-0.15, -0.1) is 0 Å². The summed E-state index contributed by atoms with van der Waals surface area (Å²) in [7, 11) is 0. The summed E-state index contributed by atoms with van der Waals surface area (Å²) < 4.78 is 5.50. The molecule has 1 aliphatic heterocycles. The lowest BCUT2D eigenvalue weighted by Gasteiger charge is -2.12. The van der Waals surface area contributed by atoms with Gasteiger partial charge in [-0.25, -0.2) is 0 Å². The van der Waals surface area contributed by atoms with Crippen LogP contribution in [0.5, 0.6) is 0 Å². The second kappa shape index (κ2) is 9.29. The molecule has 0 bridgehead atoms. The Kier molecular flexibility index (Phi) is 6.27. The van der Waals surface area contributed by atoms with Crippen molar-refractivity contribution in [3.63, 3.8) is 0 Å². The Bertz CT molecular complexity index is 1300. The Hall–Kier alpha value is -3.92. The average Bonchev–Trinajstić information content (AvgIpc) is 3.28. The van der Waals surface area contributed by atoms with Gasteiger partial charge in [-0.05, 0) is 54.1 Å². The lowest BCUT2D eigenvalue weighted by Crippen LogP contribution is -2.37. The monoisotopic (exact) mass is 465 g/mol. The number of carbonyl (C=O) groups is 3. The number of aryl methyl sites for hydroxylation is 1. The van der Waals surface area contributed by atoms with Gasteiger partial charge >= 0.3 is 0 Å². The van der Waals surface area contributed by atoms with Crippen molar-refractivity contribution in [2.75, 3.05) is 13.1 Å². The van der Waals surface area contributed by atoms with Crippen LogP contribution in [-0.2, 0) is 16.0 Å². The molecule has 168 valence electrons. The molecule has 9 nitrogen and oxygen atoms in total. The zero-order chi connectivity index (χ0) is 23.5. The van der Waals surface area contributed by atoms with Crippen LogP contribution < -0.4 is 5.32 Å². The van der Waals surface area contributed by atoms with Crippen molar-refractivity contribution in [2.45, 2.75) is 13.3 Å². The van der Waals surface area contributed by atoms with Crippen molar-refractivity contribution in [1.82, 2.24) is 10.2 Å². The number of nitro benzene ring substituents is 1. The van der Waals surface area contributed by atoms with Crippen LogP contribution >= 0.6 is 11.8 Å². The first kappa shape index (κ1) is 22.3. The molecule has 10 heteroatoms. The first-order chi connectivity index (χ1) is 15.8. The van der Waals surface area contributed by atoms with Gasteiger partial charge in [-0.1, -0.05) is 12.1 Å². The molecule has 0 spiro atoms. The highest BCUT2D eigenvalue weighted by atomic mass is 32.2. The zero-order valence-electron chi connectivity index (χ0n) is 17.6. The number of nitro groups is 1. The maximum absolute atomic E-state index is 12.6. The summed E-state index contributed by atoms with van der Waals surface area (Å²) in [6.45, 7) is 2.12. The molecule has 3 amide bonds. The molecule has 1 aromatic heterocycles. The number of fused-ring (bicyclic) bond motifs is 1. The van der Waals surface area contributed by atoms with E-state index < -0.39 is 16.1 Å². The van der Waals surface area contributed by atoms with Gasteiger partial charge in [0, 0.05) is 36.2 Å². The van der Waals surface area contributed by atoms with Crippen molar-refractivity contribution < 1.29 is 23.7 Å². The zero-order valence-corrected chi connectivity index (χ0v) is 18.4. The van der Waals surface area contributed by atoms with Crippen molar-refractivity contribution in [3.05, 3.63) is 80.4 Å². The van der Waals surface area contributed by atoms with Crippen molar-refractivity contribution in [3.8, 4) is 0 Å². The molecule has 1 saturated heterocycles. The average molecular weight is 465 g/mol. The SMILES string of the molecule is Cc1ccc2c(CC(=O)NCCN3C(=O)S/C(=C\c4ccc([N+](=O)[O-])cc4)C3=O)coc2c1. The molecule has 0 atom stereocenters. The number of hydrogen-bond acceptors (Lipinski definition) is 7. The Morgan fingerprint density at radius 2 is 1.97 bits per heavy atom. The van der Waals surface area contributed by atoms with Gasteiger partial charge in [0.2, 0.25) is 5.91 Å². The maximum atomic E-state index is 12.6. The van der Waals surface area contributed by atoms with Crippen LogP contribution in [0.25, 0.3) is 17.0 Å². The fraction of sp³-hybridized carbons (Fsp3) is 0.174. The third-order valence-electron chi connectivity index (χ3n) is 5.10. The Morgan fingerprint density at radius 3 is 2.70 bits per heavy atom. The van der Waals surface area contributed by atoms with Gasteiger partial charge in [-0.2, -0.15) is 0 Å². The third kappa shape index (κ3) is 4.96. The van der Waals surface area contributed by atoms with E-state index >= 15 is 0 Å². The molecule has 0 unspecified atom stereocenters. The summed E-state index contributed by atoms with van der Waals surface area (Å²) >= 11 is 0.792. The smallest absolute Gasteiger partial charge is 0.293 e. The fourth-order valence-electron chi connectivity index (χ4n) is 3.41. The number of thioether (sulfide) groups is 1. The van der Waals surface area contributed by atoms with E-state index in [1.165, 1.54) is 30.3 Å². The van der Waals surface area contributed by atoms with Crippen molar-refractivity contribution in [2.24, 2.45) is 0 Å². The Balaban J connectivity index is 1.32. The maximum Gasteiger partial charge on any atom is 0.293 e. The standard InChI is InChI=1S/C23H19N3O6S/c1-14-2-7-18-16(13-32-19(18)10-14)12-21(27)24-8-9-25-22(28)20(33-23(25)29)11-15-3-5-17(6-4-15)26(30)31/h2-7,10-11,13H,8-9,12H2,1H3,(H,24,27)/b20-11-. The lowest BCUT2D eigenvalue weighted by atomic mass is 10.1. The van der Waals surface area contributed by atoms with Gasteiger partial charge in [0.15, 0.2) is 0 Å². The number of non-ortho nitro benzene ring substituents is 1. The van der Waals surface area contributed by atoms with Crippen molar-refractivity contribution in [1.29, 1.82) is 0 Å². The highest BCUT2D eigenvalue weighted by Gasteiger charge is 2.34. The van der Waals surface area contributed by atoms with Gasteiger partial charge in [-0.3, -0.25) is 29.4 Å². The second-order valence-electron chi connectivity index (χ2n) is 7.47. The van der Waals surface area contributed by atoms with Crippen LogP contribution in [0.4, 0.5) is 10.5 Å². The molecular formula is C23H19N3O6S. The molecular weight excluding hydrogens is 446 g/mol. The molecule has 0 aliphatic carbocycles. The first-order valence-corrected chi connectivity index (χ1v) is 10.9. The van der Waals surface area contributed by atoms with E-state index in [1.807, 2.05) is 25.1 Å². The van der Waals surface area contributed by atoms with E-state index in [2.05, 4.69) is 5.32 Å². The van der Waals surface area contributed by atoms with E-state index in [0.29, 0.717) is 5.56 Å². The number of hydrogen-bond donors (Lipinski definition) is 1. The van der Waals surface area contributed by atoms with E-state index in [0.717, 1.165) is 38.8 Å². The molecule has 0 radical (unpaired) electrons. The summed E-state index contributed by atoms with van der Waals surface area (Å²) in [5.74, 6) is -0.708. The lowest BCUT2D eigenvalue weighted by molar-refractivity contribution is -0.384. The predicted molar refractivity (Wildman–Crippen MR) is 123 cm³/mol. The summed E-state index contributed by atoms with van der Waals surface area (Å²) in [5.41, 5.74) is 3.05. The van der Waals surface area contributed by atoms with Crippen molar-refractivity contribution >= 4 is 51.5 Å². The van der Waals surface area contributed by atoms with Gasteiger partial charge < -0.3 is 9.73 Å². The number of imide groups is 1. The summed E-state index contributed by atoms with van der Waals surface area (Å²) in [6.07, 6.45) is 3.19. The number of nitrogens with zero attached hydrogens (tertiary/aromatic N) is 2. The largest absolute Gasteiger partial charge is 0.464 e. The number of amides is 3. The first-order valence-electron chi connectivity index (χ1n) is 10.0. The van der Waals surface area contributed by atoms with E-state index in [1.54, 1.807) is 6.26 Å². The fourth-order valence-corrected chi connectivity index (χ4v) is 4.27. The number of carbonyl (C=O) groups excluding carboxylic acids is 3. The third-order valence-corrected chi connectivity index (χ3v) is 6.00. The van der Waals surface area contributed by atoms with Crippen LogP contribution in [0.3, 0.4) is 0 Å². The minimum atomic E-state index is -0.512. The Morgan fingerprint density at radius 1 is 1.21 bits per heavy atom. The van der Waals surface area contributed by atoms with Crippen LogP contribution in [0.15, 0.2) is 58.1 Å². The molecule has 2 aromatic carbocycles. The minimum Gasteiger partial charge on any atom is -0.464 e. The highest BCUT2D eigenvalue weighted by molar-refractivity contribution is 8.18. The molecule has 0 saturated carbocycles. The van der Waals surface area contributed by atoms with Gasteiger partial charge in [0.25, 0.3) is 16.8 Å². The summed E-state index contributed by atoms with van der Waals surface area (Å²) in [5, 5.41) is 13.9. The number of nitrogens with one attached hydrogen (secondary N) is 1. The van der Waals surface area contributed by atoms with Crippen LogP contribution in [-0.4, -0.2) is 40.0 Å². The van der Waals surface area contributed by atoms with Crippen LogP contribution in [0, 0.1) is 17.0 Å². The second-order valence-corrected chi connectivity index (χ2v) is 8.46. The topological polar surface area (TPSA) is 123 Å². The van der Waals surface area contributed by atoms with Crippen LogP contribution in [0.1, 0.15) is 16.7 Å². The molecule has 2 heterocycles. The van der Waals surface area contributed by atoms with Gasteiger partial charge in [0.05, 0.1) is 22.5 Å². The number of furan rings is 1. The van der Waals surface area contributed by atoms with E-state index in [9.17, 15) is 24.5 Å². The summed E-state index contributed by atoms with van der Waals surface area (Å²) in [4.78, 5) is 48.7. The molecule has 3 aromatic rings. The normalized spacial score (nSPS) is 14.9. The predicted octanol–water partition coefficient (Wildman–Crippen LogP) is 4.04. The molecule has 33 heavy (non-hydrogen) atoms. The van der Waals surface area contributed by atoms with E-state index in [4.69, 9.17) is 4.42 Å². The molecule has 1 fully saturated rings. The molecule has 4 rings (SSSR count). The summed E-state index contributed by atoms with van der Waals surface area (Å²) in [6, 6.07) is 11.4. The highest BCUT2D eigenvalue weighted by Crippen LogP contribution is 2.32. The van der Waals surface area contributed by atoms with E-state index in [-0.39, 0.29) is 36.0 Å². The quantitative estimate of drug-likeness (QED) is 0.317.